The highest BCUT2D eigenvalue weighted by atomic mass is 35.5. The van der Waals surface area contributed by atoms with Gasteiger partial charge in [-0.3, -0.25) is 0 Å². The van der Waals surface area contributed by atoms with Gasteiger partial charge in [-0.1, -0.05) is 50.5 Å². The third kappa shape index (κ3) is 5.13. The Morgan fingerprint density at radius 1 is 1.09 bits per heavy atom. The van der Waals surface area contributed by atoms with Gasteiger partial charge >= 0.3 is 6.03 Å². The number of halogens is 1. The van der Waals surface area contributed by atoms with Crippen molar-refractivity contribution >= 4 is 33.3 Å². The Morgan fingerprint density at radius 2 is 1.72 bits per heavy atom. The molecule has 0 saturated heterocycles. The first kappa shape index (κ1) is 24.2. The van der Waals surface area contributed by atoms with Crippen molar-refractivity contribution in [2.24, 2.45) is 5.18 Å². The molecule has 1 unspecified atom stereocenters. The minimum absolute atomic E-state index is 0.0616. The van der Waals surface area contributed by atoms with Gasteiger partial charge in [-0.2, -0.15) is 4.91 Å². The summed E-state index contributed by atoms with van der Waals surface area (Å²) in [5.74, 6) is 0.123. The standard InChI is InChI=1S/C23H28ClN3O4S/c1-13(2)18-10-16(24)11-19(14(3)4)22(18)25-23(28)27-32(30,31)17-9-8-15-6-5-7-21(26-29)20(15)12-17/h8-14,21H,5-7H2,1-4H3,(H2,25,27,28). The first-order valence-corrected chi connectivity index (χ1v) is 12.5. The number of urea groups is 1. The minimum Gasteiger partial charge on any atom is -0.307 e. The average molecular weight is 478 g/mol. The molecule has 7 nitrogen and oxygen atoms in total. The summed E-state index contributed by atoms with van der Waals surface area (Å²) in [7, 11) is -4.15. The molecular weight excluding hydrogens is 450 g/mol. The summed E-state index contributed by atoms with van der Waals surface area (Å²) in [5, 5.41) is 6.41. The zero-order chi connectivity index (χ0) is 23.6. The van der Waals surface area contributed by atoms with Crippen molar-refractivity contribution in [3.8, 4) is 0 Å². The van der Waals surface area contributed by atoms with Crippen molar-refractivity contribution in [1.29, 1.82) is 0 Å². The molecule has 3 rings (SSSR count). The lowest BCUT2D eigenvalue weighted by Crippen LogP contribution is -2.35. The summed E-state index contributed by atoms with van der Waals surface area (Å²) in [6, 6.07) is 6.70. The van der Waals surface area contributed by atoms with Crippen LogP contribution in [0.5, 0.6) is 0 Å². The first-order chi connectivity index (χ1) is 15.0. The van der Waals surface area contributed by atoms with Crippen molar-refractivity contribution in [3.05, 3.63) is 62.5 Å². The van der Waals surface area contributed by atoms with Crippen LogP contribution in [0.4, 0.5) is 10.5 Å². The molecule has 0 spiro atoms. The molecule has 2 aromatic carbocycles. The van der Waals surface area contributed by atoms with Crippen molar-refractivity contribution in [2.75, 3.05) is 5.32 Å². The summed E-state index contributed by atoms with van der Waals surface area (Å²) in [6.45, 7) is 7.89. The molecule has 2 N–H and O–H groups in total. The average Bonchev–Trinajstić information content (AvgIpc) is 2.73. The lowest BCUT2D eigenvalue weighted by Gasteiger charge is -2.22. The fraction of sp³-hybridized carbons (Fsp3) is 0.435. The van der Waals surface area contributed by atoms with E-state index in [1.807, 2.05) is 27.7 Å². The molecule has 1 aliphatic carbocycles. The number of nitroso groups, excluding NO2 is 1. The molecule has 1 atom stereocenters. The lowest BCUT2D eigenvalue weighted by molar-refractivity contribution is 0.256. The van der Waals surface area contributed by atoms with Crippen LogP contribution in [0.1, 0.15) is 80.7 Å². The van der Waals surface area contributed by atoms with E-state index in [0.29, 0.717) is 22.7 Å². The predicted octanol–water partition coefficient (Wildman–Crippen LogP) is 6.24. The second-order valence-corrected chi connectivity index (χ2v) is 10.8. The van der Waals surface area contributed by atoms with Gasteiger partial charge in [0.1, 0.15) is 6.04 Å². The maximum absolute atomic E-state index is 12.9. The third-order valence-electron chi connectivity index (χ3n) is 5.71. The largest absolute Gasteiger partial charge is 0.333 e. The van der Waals surface area contributed by atoms with E-state index in [1.54, 1.807) is 18.2 Å². The first-order valence-electron chi connectivity index (χ1n) is 10.7. The number of hydrogen-bond acceptors (Lipinski definition) is 5. The fourth-order valence-electron chi connectivity index (χ4n) is 4.05. The Bertz CT molecular complexity index is 1120. The van der Waals surface area contributed by atoms with Gasteiger partial charge in [0, 0.05) is 10.7 Å². The molecule has 172 valence electrons. The number of hydrogen-bond donors (Lipinski definition) is 2. The Morgan fingerprint density at radius 3 is 2.28 bits per heavy atom. The second kappa shape index (κ2) is 9.58. The Balaban J connectivity index is 1.89. The van der Waals surface area contributed by atoms with E-state index < -0.39 is 22.1 Å². The molecule has 0 heterocycles. The minimum atomic E-state index is -4.15. The maximum Gasteiger partial charge on any atom is 0.333 e. The zero-order valence-electron chi connectivity index (χ0n) is 18.6. The highest BCUT2D eigenvalue weighted by Crippen LogP contribution is 2.36. The van der Waals surface area contributed by atoms with Crippen LogP contribution in [0.2, 0.25) is 5.02 Å². The van der Waals surface area contributed by atoms with Crippen LogP contribution in [0.15, 0.2) is 40.4 Å². The topological polar surface area (TPSA) is 105 Å². The van der Waals surface area contributed by atoms with E-state index in [-0.39, 0.29) is 16.7 Å². The molecule has 2 aromatic rings. The van der Waals surface area contributed by atoms with Crippen molar-refractivity contribution in [1.82, 2.24) is 4.72 Å². The summed E-state index contributed by atoms with van der Waals surface area (Å²) < 4.78 is 27.9. The SMILES string of the molecule is CC(C)c1cc(Cl)cc(C(C)C)c1NC(=O)NS(=O)(=O)c1ccc2c(c1)C(N=O)CCC2. The van der Waals surface area contributed by atoms with Gasteiger partial charge in [-0.15, -0.1) is 0 Å². The third-order valence-corrected chi connectivity index (χ3v) is 7.26. The monoisotopic (exact) mass is 477 g/mol. The molecule has 0 radical (unpaired) electrons. The van der Waals surface area contributed by atoms with E-state index >= 15 is 0 Å². The number of carbonyl (C=O) groups is 1. The van der Waals surface area contributed by atoms with Gasteiger partial charge in [0.2, 0.25) is 0 Å². The van der Waals surface area contributed by atoms with E-state index in [4.69, 9.17) is 11.6 Å². The molecule has 1 aliphatic rings. The maximum atomic E-state index is 12.9. The van der Waals surface area contributed by atoms with Gasteiger partial charge in [-0.05, 0) is 77.6 Å². The van der Waals surface area contributed by atoms with Crippen LogP contribution >= 0.6 is 11.6 Å². The van der Waals surface area contributed by atoms with E-state index in [0.717, 1.165) is 29.5 Å². The van der Waals surface area contributed by atoms with Gasteiger partial charge in [0.15, 0.2) is 0 Å². The highest BCUT2D eigenvalue weighted by molar-refractivity contribution is 7.90. The lowest BCUT2D eigenvalue weighted by atomic mass is 9.88. The van der Waals surface area contributed by atoms with Gasteiger partial charge in [-0.25, -0.2) is 17.9 Å². The molecule has 0 saturated carbocycles. The van der Waals surface area contributed by atoms with Crippen molar-refractivity contribution < 1.29 is 13.2 Å². The van der Waals surface area contributed by atoms with Crippen LogP contribution in [-0.2, 0) is 16.4 Å². The van der Waals surface area contributed by atoms with Crippen molar-refractivity contribution in [3.63, 3.8) is 0 Å². The number of anilines is 1. The molecule has 0 aromatic heterocycles. The molecule has 0 aliphatic heterocycles. The number of fused-ring (bicyclic) bond motifs is 1. The van der Waals surface area contributed by atoms with Crippen LogP contribution in [0, 0.1) is 4.91 Å². The normalized spacial score (nSPS) is 16.0. The molecule has 32 heavy (non-hydrogen) atoms. The Kier molecular flexibility index (Phi) is 7.25. The van der Waals surface area contributed by atoms with Crippen LogP contribution < -0.4 is 10.0 Å². The number of nitrogens with zero attached hydrogens (tertiary/aromatic N) is 1. The summed E-state index contributed by atoms with van der Waals surface area (Å²) in [6.07, 6.45) is 2.18. The molecule has 2 amide bonds. The molecule has 9 heteroatoms. The van der Waals surface area contributed by atoms with Crippen LogP contribution in [0.3, 0.4) is 0 Å². The predicted molar refractivity (Wildman–Crippen MR) is 127 cm³/mol. The smallest absolute Gasteiger partial charge is 0.307 e. The summed E-state index contributed by atoms with van der Waals surface area (Å²) in [4.78, 5) is 23.8. The van der Waals surface area contributed by atoms with Gasteiger partial charge in [0.05, 0.1) is 4.90 Å². The van der Waals surface area contributed by atoms with Gasteiger partial charge < -0.3 is 5.32 Å². The fourth-order valence-corrected chi connectivity index (χ4v) is 5.23. The number of aryl methyl sites for hydroxylation is 1. The number of nitrogens with one attached hydrogen (secondary N) is 2. The van der Waals surface area contributed by atoms with E-state index in [1.165, 1.54) is 12.1 Å². The zero-order valence-corrected chi connectivity index (χ0v) is 20.2. The quantitative estimate of drug-likeness (QED) is 0.480. The summed E-state index contributed by atoms with van der Waals surface area (Å²) in [5.41, 5.74) is 3.72. The van der Waals surface area contributed by atoms with Crippen LogP contribution in [-0.4, -0.2) is 14.4 Å². The molecule has 0 fully saturated rings. The van der Waals surface area contributed by atoms with E-state index in [9.17, 15) is 18.1 Å². The van der Waals surface area contributed by atoms with E-state index in [2.05, 4.69) is 15.2 Å². The van der Waals surface area contributed by atoms with Crippen LogP contribution in [0.25, 0.3) is 0 Å². The number of carbonyl (C=O) groups excluding carboxylic acids is 1. The Labute approximate surface area is 194 Å². The molecule has 0 bridgehead atoms. The number of rotatable bonds is 6. The highest BCUT2D eigenvalue weighted by Gasteiger charge is 2.26. The number of amides is 2. The number of benzene rings is 2. The second-order valence-electron chi connectivity index (χ2n) is 8.70. The Hall–Kier alpha value is -2.45. The number of sulfonamides is 1. The molecular formula is C23H28ClN3O4S. The summed E-state index contributed by atoms with van der Waals surface area (Å²) >= 11 is 6.26. The van der Waals surface area contributed by atoms with Crippen molar-refractivity contribution in [2.45, 2.75) is 69.7 Å². The van der Waals surface area contributed by atoms with Gasteiger partial charge in [0.25, 0.3) is 10.0 Å².